The van der Waals surface area contributed by atoms with E-state index in [1.807, 2.05) is 18.2 Å². The molecule has 1 fully saturated rings. The molecule has 0 unspecified atom stereocenters. The molecule has 2 N–H and O–H groups in total. The fraction of sp³-hybridized carbons (Fsp3) is 0.333. The van der Waals surface area contributed by atoms with Crippen molar-refractivity contribution in [2.45, 2.75) is 30.2 Å². The lowest BCUT2D eigenvalue weighted by molar-refractivity contribution is -0.132. The fourth-order valence-corrected chi connectivity index (χ4v) is 4.63. The van der Waals surface area contributed by atoms with Crippen LogP contribution in [0.25, 0.3) is 0 Å². The van der Waals surface area contributed by atoms with Gasteiger partial charge in [-0.05, 0) is 43.2 Å². The van der Waals surface area contributed by atoms with Gasteiger partial charge in [0, 0.05) is 42.7 Å². The fourth-order valence-electron chi connectivity index (χ4n) is 3.30. The van der Waals surface area contributed by atoms with Gasteiger partial charge in [0.15, 0.2) is 0 Å². The average Bonchev–Trinajstić information content (AvgIpc) is 2.74. The molecule has 0 aromatic heterocycles. The van der Waals surface area contributed by atoms with Crippen LogP contribution in [-0.2, 0) is 14.8 Å². The van der Waals surface area contributed by atoms with Crippen LogP contribution in [0.1, 0.15) is 29.6 Å². The second kappa shape index (κ2) is 10.1. The lowest BCUT2D eigenvalue weighted by atomic mass is 10.0. The van der Waals surface area contributed by atoms with Gasteiger partial charge in [-0.1, -0.05) is 35.9 Å². The SMILES string of the molecule is O=C(NC1CCN(C(=O)CCNS(=O)(=O)c2cccc(Cl)c2)CC1)c1ccccc1. The molecular weight excluding hydrogens is 426 g/mol. The summed E-state index contributed by atoms with van der Waals surface area (Å²) >= 11 is 5.84. The number of nitrogens with one attached hydrogen (secondary N) is 2. The zero-order valence-corrected chi connectivity index (χ0v) is 18.0. The van der Waals surface area contributed by atoms with Gasteiger partial charge < -0.3 is 10.2 Å². The molecule has 3 rings (SSSR count). The number of amides is 2. The summed E-state index contributed by atoms with van der Waals surface area (Å²) in [5.74, 6) is -0.229. The Morgan fingerprint density at radius 1 is 1.03 bits per heavy atom. The molecule has 1 aliphatic heterocycles. The van der Waals surface area contributed by atoms with Gasteiger partial charge in [-0.2, -0.15) is 0 Å². The van der Waals surface area contributed by atoms with E-state index in [2.05, 4.69) is 10.0 Å². The Balaban J connectivity index is 1.41. The van der Waals surface area contributed by atoms with E-state index >= 15 is 0 Å². The van der Waals surface area contributed by atoms with E-state index in [-0.39, 0.29) is 35.7 Å². The molecule has 1 heterocycles. The standard InChI is InChI=1S/C21H24ClN3O4S/c22-17-7-4-8-19(15-17)30(28,29)23-12-9-20(26)25-13-10-18(11-14-25)24-21(27)16-5-2-1-3-6-16/h1-8,15,18,23H,9-14H2,(H,24,27). The van der Waals surface area contributed by atoms with Crippen LogP contribution < -0.4 is 10.0 Å². The van der Waals surface area contributed by atoms with Gasteiger partial charge in [0.25, 0.3) is 5.91 Å². The largest absolute Gasteiger partial charge is 0.349 e. The Labute approximate surface area is 181 Å². The number of benzene rings is 2. The van der Waals surface area contributed by atoms with E-state index in [4.69, 9.17) is 11.6 Å². The summed E-state index contributed by atoms with van der Waals surface area (Å²) in [6, 6.07) is 15.0. The number of hydrogen-bond acceptors (Lipinski definition) is 4. The van der Waals surface area contributed by atoms with Crippen LogP contribution in [-0.4, -0.2) is 50.8 Å². The van der Waals surface area contributed by atoms with Crippen molar-refractivity contribution < 1.29 is 18.0 Å². The van der Waals surface area contributed by atoms with Crippen molar-refractivity contribution in [1.29, 1.82) is 0 Å². The highest BCUT2D eigenvalue weighted by Crippen LogP contribution is 2.16. The first-order valence-electron chi connectivity index (χ1n) is 9.74. The minimum absolute atomic E-state index is 0.0123. The predicted molar refractivity (Wildman–Crippen MR) is 115 cm³/mol. The lowest BCUT2D eigenvalue weighted by Gasteiger charge is -2.32. The Morgan fingerprint density at radius 3 is 2.40 bits per heavy atom. The van der Waals surface area contributed by atoms with E-state index < -0.39 is 10.0 Å². The van der Waals surface area contributed by atoms with E-state index in [9.17, 15) is 18.0 Å². The molecule has 2 aromatic rings. The quantitative estimate of drug-likeness (QED) is 0.678. The van der Waals surface area contributed by atoms with Crippen molar-refractivity contribution in [2.75, 3.05) is 19.6 Å². The molecule has 0 atom stereocenters. The highest BCUT2D eigenvalue weighted by atomic mass is 35.5. The van der Waals surface area contributed by atoms with Crippen molar-refractivity contribution in [2.24, 2.45) is 0 Å². The molecule has 1 aliphatic rings. The minimum atomic E-state index is -3.71. The number of sulfonamides is 1. The molecule has 9 heteroatoms. The monoisotopic (exact) mass is 449 g/mol. The van der Waals surface area contributed by atoms with Gasteiger partial charge in [0.2, 0.25) is 15.9 Å². The van der Waals surface area contributed by atoms with E-state index in [1.165, 1.54) is 12.1 Å². The smallest absolute Gasteiger partial charge is 0.251 e. The summed E-state index contributed by atoms with van der Waals surface area (Å²) in [5.41, 5.74) is 0.614. The van der Waals surface area contributed by atoms with E-state index in [0.717, 1.165) is 0 Å². The molecule has 0 radical (unpaired) electrons. The summed E-state index contributed by atoms with van der Waals surface area (Å²) in [6.45, 7) is 1.07. The molecule has 1 saturated heterocycles. The maximum Gasteiger partial charge on any atom is 0.251 e. The zero-order valence-electron chi connectivity index (χ0n) is 16.4. The van der Waals surface area contributed by atoms with Crippen LogP contribution in [0, 0.1) is 0 Å². The van der Waals surface area contributed by atoms with E-state index in [0.29, 0.717) is 36.5 Å². The normalized spacial score (nSPS) is 15.0. The third-order valence-electron chi connectivity index (χ3n) is 4.96. The van der Waals surface area contributed by atoms with Crippen molar-refractivity contribution >= 4 is 33.4 Å². The average molecular weight is 450 g/mol. The minimum Gasteiger partial charge on any atom is -0.349 e. The Kier molecular flexibility index (Phi) is 7.47. The van der Waals surface area contributed by atoms with Crippen molar-refractivity contribution in [3.05, 3.63) is 65.2 Å². The van der Waals surface area contributed by atoms with Crippen molar-refractivity contribution in [3.63, 3.8) is 0 Å². The number of hydrogen-bond donors (Lipinski definition) is 2. The molecule has 0 aliphatic carbocycles. The molecule has 30 heavy (non-hydrogen) atoms. The Morgan fingerprint density at radius 2 is 1.73 bits per heavy atom. The molecule has 2 amide bonds. The van der Waals surface area contributed by atoms with Crippen LogP contribution in [0.15, 0.2) is 59.5 Å². The Hall–Kier alpha value is -2.42. The van der Waals surface area contributed by atoms with Gasteiger partial charge in [0.1, 0.15) is 0 Å². The number of likely N-dealkylation sites (tertiary alicyclic amines) is 1. The predicted octanol–water partition coefficient (Wildman–Crippen LogP) is 2.43. The lowest BCUT2D eigenvalue weighted by Crippen LogP contribution is -2.47. The third-order valence-corrected chi connectivity index (χ3v) is 6.65. The Bertz CT molecular complexity index is 990. The van der Waals surface area contributed by atoms with E-state index in [1.54, 1.807) is 29.2 Å². The molecule has 160 valence electrons. The summed E-state index contributed by atoms with van der Waals surface area (Å²) in [7, 11) is -3.71. The van der Waals surface area contributed by atoms with Crippen molar-refractivity contribution in [3.8, 4) is 0 Å². The zero-order chi connectivity index (χ0) is 21.6. The number of nitrogens with zero attached hydrogens (tertiary/aromatic N) is 1. The van der Waals surface area contributed by atoms with Gasteiger partial charge in [-0.25, -0.2) is 13.1 Å². The van der Waals surface area contributed by atoms with Gasteiger partial charge in [0.05, 0.1) is 4.90 Å². The molecule has 0 spiro atoms. The van der Waals surface area contributed by atoms with Gasteiger partial charge in [-0.3, -0.25) is 9.59 Å². The molecule has 0 saturated carbocycles. The number of halogens is 1. The third kappa shape index (κ3) is 6.04. The maximum absolute atomic E-state index is 12.4. The highest BCUT2D eigenvalue weighted by Gasteiger charge is 2.24. The van der Waals surface area contributed by atoms with Crippen LogP contribution in [0.5, 0.6) is 0 Å². The van der Waals surface area contributed by atoms with Crippen LogP contribution in [0.2, 0.25) is 5.02 Å². The molecule has 0 bridgehead atoms. The number of rotatable bonds is 7. The van der Waals surface area contributed by atoms with Crippen LogP contribution in [0.3, 0.4) is 0 Å². The van der Waals surface area contributed by atoms with Crippen LogP contribution in [0.4, 0.5) is 0 Å². The summed E-state index contributed by atoms with van der Waals surface area (Å²) in [4.78, 5) is 26.4. The second-order valence-corrected chi connectivity index (χ2v) is 9.30. The topological polar surface area (TPSA) is 95.6 Å². The summed E-state index contributed by atoms with van der Waals surface area (Å²) < 4.78 is 27.0. The summed E-state index contributed by atoms with van der Waals surface area (Å²) in [6.07, 6.45) is 1.40. The van der Waals surface area contributed by atoms with Gasteiger partial charge >= 0.3 is 0 Å². The second-order valence-electron chi connectivity index (χ2n) is 7.10. The highest BCUT2D eigenvalue weighted by molar-refractivity contribution is 7.89. The molecule has 2 aromatic carbocycles. The number of piperidine rings is 1. The summed E-state index contributed by atoms with van der Waals surface area (Å²) in [5, 5.41) is 3.33. The first-order valence-corrected chi connectivity index (χ1v) is 11.6. The van der Waals surface area contributed by atoms with Gasteiger partial charge in [-0.15, -0.1) is 0 Å². The maximum atomic E-state index is 12.4. The van der Waals surface area contributed by atoms with Crippen molar-refractivity contribution in [1.82, 2.24) is 14.9 Å². The molecular formula is C21H24ClN3O4S. The number of carbonyl (C=O) groups excluding carboxylic acids is 2. The number of carbonyl (C=O) groups is 2. The van der Waals surface area contributed by atoms with Crippen LogP contribution >= 0.6 is 11.6 Å². The molecule has 7 nitrogen and oxygen atoms in total. The first-order chi connectivity index (χ1) is 14.3. The first kappa shape index (κ1) is 22.3.